The van der Waals surface area contributed by atoms with Gasteiger partial charge in [0.05, 0.1) is 30.3 Å². The van der Waals surface area contributed by atoms with E-state index >= 15 is 0 Å². The van der Waals surface area contributed by atoms with Crippen molar-refractivity contribution in [2.45, 2.75) is 6.92 Å². The van der Waals surface area contributed by atoms with Gasteiger partial charge in [0.1, 0.15) is 0 Å². The lowest BCUT2D eigenvalue weighted by Crippen LogP contribution is -2.46. The summed E-state index contributed by atoms with van der Waals surface area (Å²) < 4.78 is 9.95. The van der Waals surface area contributed by atoms with Gasteiger partial charge in [0.25, 0.3) is 5.91 Å². The molecule has 2 aromatic rings. The van der Waals surface area contributed by atoms with Crippen molar-refractivity contribution in [3.8, 4) is 0 Å². The minimum absolute atomic E-state index is 0.218. The molecular weight excluding hydrogens is 334 g/mol. The zero-order valence-corrected chi connectivity index (χ0v) is 15.0. The van der Waals surface area contributed by atoms with E-state index in [-0.39, 0.29) is 11.7 Å². The van der Waals surface area contributed by atoms with Gasteiger partial charge in [0.15, 0.2) is 5.76 Å². The van der Waals surface area contributed by atoms with Crippen LogP contribution in [0.15, 0.2) is 41.0 Å². The molecule has 1 aliphatic heterocycles. The number of carbonyl (C=O) groups excluding carboxylic acids is 2. The van der Waals surface area contributed by atoms with Crippen molar-refractivity contribution in [3.05, 3.63) is 47.9 Å². The Kier molecular flexibility index (Phi) is 5.58. The normalized spacial score (nSPS) is 14.9. The fraction of sp³-hybridized carbons (Fsp3) is 0.368. The van der Waals surface area contributed by atoms with Crippen molar-refractivity contribution in [3.63, 3.8) is 0 Å². The third-order valence-corrected chi connectivity index (χ3v) is 4.57. The van der Waals surface area contributed by atoms with Crippen LogP contribution in [0.2, 0.25) is 0 Å². The molecule has 7 nitrogen and oxygen atoms in total. The van der Waals surface area contributed by atoms with Crippen molar-refractivity contribution >= 4 is 23.3 Å². The Morgan fingerprint density at radius 1 is 1.19 bits per heavy atom. The molecule has 1 fully saturated rings. The van der Waals surface area contributed by atoms with E-state index in [9.17, 15) is 9.59 Å². The highest BCUT2D eigenvalue weighted by Crippen LogP contribution is 2.29. The van der Waals surface area contributed by atoms with E-state index < -0.39 is 5.97 Å². The quantitative estimate of drug-likeness (QED) is 0.829. The molecular formula is C19H23N3O4. The van der Waals surface area contributed by atoms with E-state index in [1.165, 1.54) is 13.4 Å². The van der Waals surface area contributed by atoms with Crippen molar-refractivity contribution < 1.29 is 18.7 Å². The number of esters is 1. The Bertz CT molecular complexity index is 765. The molecule has 138 valence electrons. The van der Waals surface area contributed by atoms with Gasteiger partial charge in [-0.15, -0.1) is 0 Å². The summed E-state index contributed by atoms with van der Waals surface area (Å²) in [6.07, 6.45) is 1.45. The van der Waals surface area contributed by atoms with Crippen molar-refractivity contribution in [2.75, 3.05) is 50.1 Å². The number of furan rings is 1. The molecule has 1 aliphatic rings. The predicted molar refractivity (Wildman–Crippen MR) is 98.8 cm³/mol. The second-order valence-electron chi connectivity index (χ2n) is 6.08. The average molecular weight is 357 g/mol. The second-order valence-corrected chi connectivity index (χ2v) is 6.08. The Morgan fingerprint density at radius 2 is 1.96 bits per heavy atom. The molecule has 0 spiro atoms. The zero-order chi connectivity index (χ0) is 18.5. The number of ether oxygens (including phenoxy) is 1. The third-order valence-electron chi connectivity index (χ3n) is 4.57. The highest BCUT2D eigenvalue weighted by Gasteiger charge is 2.21. The van der Waals surface area contributed by atoms with E-state index in [1.54, 1.807) is 24.3 Å². The molecule has 1 saturated heterocycles. The van der Waals surface area contributed by atoms with Crippen LogP contribution in [0.5, 0.6) is 0 Å². The molecule has 0 bridgehead atoms. The van der Waals surface area contributed by atoms with Crippen molar-refractivity contribution in [1.29, 1.82) is 0 Å². The standard InChI is InChI=1S/C19H23N3O4/c1-3-21-8-10-22(11-9-21)16-7-6-14(19(24)25-2)13-15(16)20-18(23)17-5-4-12-26-17/h4-7,12-13H,3,8-11H2,1-2H3,(H,20,23). The van der Waals surface area contributed by atoms with Gasteiger partial charge in [-0.2, -0.15) is 0 Å². The Labute approximate surface area is 152 Å². The number of carbonyl (C=O) groups is 2. The summed E-state index contributed by atoms with van der Waals surface area (Å²) in [5.41, 5.74) is 1.84. The predicted octanol–water partition coefficient (Wildman–Crippen LogP) is 2.46. The fourth-order valence-electron chi connectivity index (χ4n) is 3.05. The Balaban J connectivity index is 1.87. The summed E-state index contributed by atoms with van der Waals surface area (Å²) in [7, 11) is 1.33. The highest BCUT2D eigenvalue weighted by molar-refractivity contribution is 6.05. The van der Waals surface area contributed by atoms with Crippen LogP contribution in [-0.4, -0.2) is 56.6 Å². The van der Waals surface area contributed by atoms with Crippen LogP contribution in [0.3, 0.4) is 0 Å². The van der Waals surface area contributed by atoms with E-state index in [2.05, 4.69) is 22.0 Å². The first kappa shape index (κ1) is 18.0. The molecule has 1 amide bonds. The SMILES string of the molecule is CCN1CCN(c2ccc(C(=O)OC)cc2NC(=O)c2ccco2)CC1. The minimum atomic E-state index is -0.444. The number of piperazine rings is 1. The van der Waals surface area contributed by atoms with Gasteiger partial charge in [-0.3, -0.25) is 4.79 Å². The Hall–Kier alpha value is -2.80. The molecule has 0 unspecified atom stereocenters. The number of hydrogen-bond donors (Lipinski definition) is 1. The molecule has 1 N–H and O–H groups in total. The number of benzene rings is 1. The molecule has 0 saturated carbocycles. The first-order valence-electron chi connectivity index (χ1n) is 8.67. The molecule has 1 aromatic heterocycles. The fourth-order valence-corrected chi connectivity index (χ4v) is 3.05. The second kappa shape index (κ2) is 8.05. The van der Waals surface area contributed by atoms with Crippen LogP contribution >= 0.6 is 0 Å². The lowest BCUT2D eigenvalue weighted by atomic mass is 10.1. The van der Waals surface area contributed by atoms with Crippen LogP contribution in [-0.2, 0) is 4.74 Å². The maximum Gasteiger partial charge on any atom is 0.337 e. The first-order valence-corrected chi connectivity index (χ1v) is 8.67. The zero-order valence-electron chi connectivity index (χ0n) is 15.0. The van der Waals surface area contributed by atoms with Gasteiger partial charge in [-0.1, -0.05) is 6.92 Å². The summed E-state index contributed by atoms with van der Waals surface area (Å²) in [5.74, 6) is -0.582. The van der Waals surface area contributed by atoms with Gasteiger partial charge in [-0.25, -0.2) is 4.79 Å². The molecule has 2 heterocycles. The van der Waals surface area contributed by atoms with Gasteiger partial charge in [0, 0.05) is 26.2 Å². The van der Waals surface area contributed by atoms with Crippen molar-refractivity contribution in [1.82, 2.24) is 4.90 Å². The summed E-state index contributed by atoms with van der Waals surface area (Å²) in [5, 5.41) is 2.86. The number of rotatable bonds is 5. The third kappa shape index (κ3) is 3.88. The van der Waals surface area contributed by atoms with Gasteiger partial charge in [0.2, 0.25) is 0 Å². The highest BCUT2D eigenvalue weighted by atomic mass is 16.5. The molecule has 26 heavy (non-hydrogen) atoms. The smallest absolute Gasteiger partial charge is 0.337 e. The number of nitrogens with zero attached hydrogens (tertiary/aromatic N) is 2. The largest absolute Gasteiger partial charge is 0.465 e. The molecule has 7 heteroatoms. The van der Waals surface area contributed by atoms with E-state index in [0.717, 1.165) is 38.4 Å². The topological polar surface area (TPSA) is 75.0 Å². The number of amides is 1. The van der Waals surface area contributed by atoms with Gasteiger partial charge < -0.3 is 24.3 Å². The maximum absolute atomic E-state index is 12.4. The first-order chi connectivity index (χ1) is 12.6. The summed E-state index contributed by atoms with van der Waals surface area (Å²) in [6.45, 7) is 6.80. The van der Waals surface area contributed by atoms with Crippen molar-refractivity contribution in [2.24, 2.45) is 0 Å². The minimum Gasteiger partial charge on any atom is -0.465 e. The summed E-state index contributed by atoms with van der Waals surface area (Å²) in [4.78, 5) is 28.9. The maximum atomic E-state index is 12.4. The molecule has 0 atom stereocenters. The van der Waals surface area contributed by atoms with Crippen LogP contribution in [0, 0.1) is 0 Å². The van der Waals surface area contributed by atoms with E-state index in [0.29, 0.717) is 11.3 Å². The average Bonchev–Trinajstić information content (AvgIpc) is 3.22. The monoisotopic (exact) mass is 357 g/mol. The molecule has 1 aromatic carbocycles. The van der Waals surface area contributed by atoms with Gasteiger partial charge in [-0.05, 0) is 36.9 Å². The molecule has 3 rings (SSSR count). The summed E-state index contributed by atoms with van der Waals surface area (Å²) >= 11 is 0. The number of likely N-dealkylation sites (N-methyl/N-ethyl adjacent to an activating group) is 1. The Morgan fingerprint density at radius 3 is 2.58 bits per heavy atom. The molecule has 0 radical (unpaired) electrons. The van der Waals surface area contributed by atoms with Crippen LogP contribution < -0.4 is 10.2 Å². The number of anilines is 2. The lowest BCUT2D eigenvalue weighted by molar-refractivity contribution is 0.0600. The number of hydrogen-bond acceptors (Lipinski definition) is 6. The van der Waals surface area contributed by atoms with Crippen LogP contribution in [0.1, 0.15) is 27.8 Å². The van der Waals surface area contributed by atoms with E-state index in [1.807, 2.05) is 6.07 Å². The van der Waals surface area contributed by atoms with Crippen LogP contribution in [0.4, 0.5) is 11.4 Å². The van der Waals surface area contributed by atoms with Crippen LogP contribution in [0.25, 0.3) is 0 Å². The van der Waals surface area contributed by atoms with E-state index in [4.69, 9.17) is 9.15 Å². The lowest BCUT2D eigenvalue weighted by Gasteiger charge is -2.36. The number of methoxy groups -OCH3 is 1. The summed E-state index contributed by atoms with van der Waals surface area (Å²) in [6, 6.07) is 8.47. The number of nitrogens with one attached hydrogen (secondary N) is 1. The van der Waals surface area contributed by atoms with Gasteiger partial charge >= 0.3 is 5.97 Å². The molecule has 0 aliphatic carbocycles.